The van der Waals surface area contributed by atoms with Crippen LogP contribution < -0.4 is 5.73 Å². The lowest BCUT2D eigenvalue weighted by Crippen LogP contribution is -2.38. The molecule has 0 fully saturated rings. The minimum Gasteiger partial charge on any atom is -0.380 e. The third-order valence-electron chi connectivity index (χ3n) is 3.18. The van der Waals surface area contributed by atoms with Gasteiger partial charge in [0.05, 0.1) is 6.61 Å². The molecule has 2 N–H and O–H groups in total. The van der Waals surface area contributed by atoms with Crippen molar-refractivity contribution >= 4 is 0 Å². The Bertz CT molecular complexity index is 335. The van der Waals surface area contributed by atoms with E-state index in [0.717, 1.165) is 19.8 Å². The maximum atomic E-state index is 6.13. The van der Waals surface area contributed by atoms with E-state index >= 15 is 0 Å². The fourth-order valence-corrected chi connectivity index (χ4v) is 2.22. The van der Waals surface area contributed by atoms with E-state index in [1.807, 2.05) is 6.92 Å². The van der Waals surface area contributed by atoms with Crippen molar-refractivity contribution in [1.29, 1.82) is 0 Å². The highest BCUT2D eigenvalue weighted by atomic mass is 16.5. The van der Waals surface area contributed by atoms with Gasteiger partial charge in [0.2, 0.25) is 0 Å². The van der Waals surface area contributed by atoms with Crippen molar-refractivity contribution in [2.75, 3.05) is 26.8 Å². The number of benzene rings is 1. The summed E-state index contributed by atoms with van der Waals surface area (Å²) in [5.74, 6) is 0. The molecule has 2 unspecified atom stereocenters. The number of aryl methyl sites for hydroxylation is 1. The van der Waals surface area contributed by atoms with Crippen molar-refractivity contribution in [3.63, 3.8) is 0 Å². The van der Waals surface area contributed by atoms with Crippen LogP contribution in [0.3, 0.4) is 0 Å². The molecule has 0 heterocycles. The summed E-state index contributed by atoms with van der Waals surface area (Å²) in [4.78, 5) is 2.27. The quantitative estimate of drug-likeness (QED) is 0.755. The Labute approximate surface area is 111 Å². The fraction of sp³-hybridized carbons (Fsp3) is 0.600. The standard InChI is InChI=1S/C15H26N2O/c1-5-18-11-10-17(4)15(13(3)16)14-8-6-12(2)7-9-14/h6-9,13,15H,5,10-11,16H2,1-4H3. The first-order valence-electron chi connectivity index (χ1n) is 6.66. The number of likely N-dealkylation sites (N-methyl/N-ethyl adjacent to an activating group) is 1. The fourth-order valence-electron chi connectivity index (χ4n) is 2.22. The van der Waals surface area contributed by atoms with Crippen LogP contribution >= 0.6 is 0 Å². The van der Waals surface area contributed by atoms with Crippen LogP contribution in [0.2, 0.25) is 0 Å². The maximum absolute atomic E-state index is 6.13. The van der Waals surface area contributed by atoms with Gasteiger partial charge in [0, 0.05) is 25.2 Å². The van der Waals surface area contributed by atoms with Gasteiger partial charge in [-0.3, -0.25) is 4.90 Å². The highest BCUT2D eigenvalue weighted by Gasteiger charge is 2.20. The molecule has 0 bridgehead atoms. The average Bonchev–Trinajstić information content (AvgIpc) is 2.32. The summed E-state index contributed by atoms with van der Waals surface area (Å²) >= 11 is 0. The van der Waals surface area contributed by atoms with Crippen LogP contribution in [0.1, 0.15) is 31.0 Å². The number of hydrogen-bond acceptors (Lipinski definition) is 3. The predicted molar refractivity (Wildman–Crippen MR) is 76.7 cm³/mol. The molecular weight excluding hydrogens is 224 g/mol. The molecule has 0 saturated carbocycles. The molecule has 0 radical (unpaired) electrons. The van der Waals surface area contributed by atoms with E-state index in [0.29, 0.717) is 0 Å². The lowest BCUT2D eigenvalue weighted by atomic mass is 9.98. The van der Waals surface area contributed by atoms with Gasteiger partial charge in [0.15, 0.2) is 0 Å². The SMILES string of the molecule is CCOCCN(C)C(c1ccc(C)cc1)C(C)N. The Morgan fingerprint density at radius 2 is 1.89 bits per heavy atom. The molecule has 18 heavy (non-hydrogen) atoms. The summed E-state index contributed by atoms with van der Waals surface area (Å²) in [6, 6.07) is 8.95. The first kappa shape index (κ1) is 15.2. The Morgan fingerprint density at radius 3 is 2.39 bits per heavy atom. The molecule has 0 aliphatic rings. The van der Waals surface area contributed by atoms with E-state index in [1.54, 1.807) is 0 Å². The molecule has 0 amide bonds. The van der Waals surface area contributed by atoms with Gasteiger partial charge in [-0.25, -0.2) is 0 Å². The highest BCUT2D eigenvalue weighted by molar-refractivity contribution is 5.25. The monoisotopic (exact) mass is 250 g/mol. The summed E-state index contributed by atoms with van der Waals surface area (Å²) in [5, 5.41) is 0. The van der Waals surface area contributed by atoms with Crippen LogP contribution in [0.15, 0.2) is 24.3 Å². The second kappa shape index (κ2) is 7.52. The predicted octanol–water partition coefficient (Wildman–Crippen LogP) is 2.35. The second-order valence-electron chi connectivity index (χ2n) is 4.89. The molecule has 0 aromatic heterocycles. The van der Waals surface area contributed by atoms with Crippen LogP contribution in [-0.2, 0) is 4.74 Å². The maximum Gasteiger partial charge on any atom is 0.0593 e. The van der Waals surface area contributed by atoms with Gasteiger partial charge in [-0.15, -0.1) is 0 Å². The largest absolute Gasteiger partial charge is 0.380 e. The number of ether oxygens (including phenoxy) is 1. The van der Waals surface area contributed by atoms with E-state index < -0.39 is 0 Å². The van der Waals surface area contributed by atoms with Gasteiger partial charge in [0.1, 0.15) is 0 Å². The molecule has 1 aromatic rings. The number of hydrogen-bond donors (Lipinski definition) is 1. The van der Waals surface area contributed by atoms with E-state index in [9.17, 15) is 0 Å². The van der Waals surface area contributed by atoms with Gasteiger partial charge in [-0.1, -0.05) is 29.8 Å². The van der Waals surface area contributed by atoms with Gasteiger partial charge in [0.25, 0.3) is 0 Å². The Hall–Kier alpha value is -0.900. The van der Waals surface area contributed by atoms with Crippen molar-refractivity contribution in [2.45, 2.75) is 32.9 Å². The molecule has 0 saturated heterocycles. The van der Waals surface area contributed by atoms with Gasteiger partial charge < -0.3 is 10.5 Å². The van der Waals surface area contributed by atoms with Crippen LogP contribution in [0.5, 0.6) is 0 Å². The molecule has 3 nitrogen and oxygen atoms in total. The van der Waals surface area contributed by atoms with Crippen molar-refractivity contribution in [2.24, 2.45) is 5.73 Å². The Kier molecular flexibility index (Phi) is 6.33. The first-order valence-corrected chi connectivity index (χ1v) is 6.66. The lowest BCUT2D eigenvalue weighted by molar-refractivity contribution is 0.102. The minimum absolute atomic E-state index is 0.0966. The van der Waals surface area contributed by atoms with Gasteiger partial charge >= 0.3 is 0 Å². The highest BCUT2D eigenvalue weighted by Crippen LogP contribution is 2.22. The zero-order chi connectivity index (χ0) is 13.5. The first-order chi connectivity index (χ1) is 8.56. The van der Waals surface area contributed by atoms with E-state index in [1.165, 1.54) is 11.1 Å². The summed E-state index contributed by atoms with van der Waals surface area (Å²) in [5.41, 5.74) is 8.68. The lowest BCUT2D eigenvalue weighted by Gasteiger charge is -2.31. The van der Waals surface area contributed by atoms with Crippen molar-refractivity contribution in [1.82, 2.24) is 4.90 Å². The molecule has 0 spiro atoms. The van der Waals surface area contributed by atoms with Crippen molar-refractivity contribution in [3.05, 3.63) is 35.4 Å². The molecule has 3 heteroatoms. The van der Waals surface area contributed by atoms with Crippen LogP contribution in [0.25, 0.3) is 0 Å². The third-order valence-corrected chi connectivity index (χ3v) is 3.18. The van der Waals surface area contributed by atoms with Gasteiger partial charge in [-0.05, 0) is 33.4 Å². The van der Waals surface area contributed by atoms with E-state index in [-0.39, 0.29) is 12.1 Å². The Balaban J connectivity index is 2.72. The zero-order valence-corrected chi connectivity index (χ0v) is 12.0. The smallest absolute Gasteiger partial charge is 0.0593 e. The topological polar surface area (TPSA) is 38.5 Å². The molecule has 0 aliphatic carbocycles. The molecule has 1 rings (SSSR count). The van der Waals surface area contributed by atoms with Crippen LogP contribution in [0, 0.1) is 6.92 Å². The average molecular weight is 250 g/mol. The molecule has 1 aromatic carbocycles. The van der Waals surface area contributed by atoms with Crippen LogP contribution in [0.4, 0.5) is 0 Å². The minimum atomic E-state index is 0.0966. The van der Waals surface area contributed by atoms with E-state index in [2.05, 4.69) is 50.1 Å². The van der Waals surface area contributed by atoms with E-state index in [4.69, 9.17) is 10.5 Å². The van der Waals surface area contributed by atoms with Crippen molar-refractivity contribution < 1.29 is 4.74 Å². The number of nitrogens with zero attached hydrogens (tertiary/aromatic N) is 1. The van der Waals surface area contributed by atoms with Gasteiger partial charge in [-0.2, -0.15) is 0 Å². The summed E-state index contributed by atoms with van der Waals surface area (Å²) in [6.45, 7) is 8.59. The Morgan fingerprint density at radius 1 is 1.28 bits per heavy atom. The normalized spacial score (nSPS) is 14.8. The second-order valence-corrected chi connectivity index (χ2v) is 4.89. The molecule has 2 atom stereocenters. The zero-order valence-electron chi connectivity index (χ0n) is 12.0. The summed E-state index contributed by atoms with van der Waals surface area (Å²) in [6.07, 6.45) is 0. The van der Waals surface area contributed by atoms with Crippen molar-refractivity contribution in [3.8, 4) is 0 Å². The summed E-state index contributed by atoms with van der Waals surface area (Å²) < 4.78 is 5.41. The molecule has 0 aliphatic heterocycles. The van der Waals surface area contributed by atoms with Crippen LogP contribution in [-0.4, -0.2) is 37.7 Å². The molecular formula is C15H26N2O. The number of nitrogens with two attached hydrogens (primary N) is 1. The molecule has 102 valence electrons. The summed E-state index contributed by atoms with van der Waals surface area (Å²) in [7, 11) is 2.10. The third kappa shape index (κ3) is 4.41. The number of rotatable bonds is 7.